The topological polar surface area (TPSA) is 81.5 Å². The van der Waals surface area contributed by atoms with Crippen molar-refractivity contribution >= 4 is 34.5 Å². The molecule has 4 rings (SSSR count). The number of benzene rings is 2. The molecule has 1 aliphatic heterocycles. The Morgan fingerprint density at radius 3 is 2.50 bits per heavy atom. The number of ether oxygens (including phenoxy) is 1. The summed E-state index contributed by atoms with van der Waals surface area (Å²) in [5, 5.41) is 1.03. The number of piperidine rings is 1. The maximum Gasteiger partial charge on any atom is 0.308 e. The third kappa shape index (κ3) is 4.41. The molecular weight excluding hydrogens is 426 g/mol. The number of carbonyl (C=O) groups is 2. The lowest BCUT2D eigenvalue weighted by atomic mass is 9.97. The number of thioether (sulfide) groups is 1. The predicted octanol–water partition coefficient (Wildman–Crippen LogP) is 3.20. The van der Waals surface area contributed by atoms with Crippen LogP contribution >= 0.6 is 11.8 Å². The van der Waals surface area contributed by atoms with Crippen LogP contribution in [0.1, 0.15) is 18.4 Å². The monoisotopic (exact) mass is 451 g/mol. The molecule has 1 aliphatic rings. The van der Waals surface area contributed by atoms with Crippen molar-refractivity contribution in [3.63, 3.8) is 0 Å². The molecule has 0 saturated carbocycles. The molecule has 8 heteroatoms. The number of esters is 1. The van der Waals surface area contributed by atoms with E-state index in [-0.39, 0.29) is 29.1 Å². The molecule has 0 radical (unpaired) electrons. The van der Waals surface area contributed by atoms with Gasteiger partial charge in [-0.3, -0.25) is 19.0 Å². The first-order valence-corrected chi connectivity index (χ1v) is 11.5. The maximum atomic E-state index is 13.3. The first-order valence-electron chi connectivity index (χ1n) is 10.6. The number of carbonyl (C=O) groups excluding carboxylic acids is 2. The zero-order valence-corrected chi connectivity index (χ0v) is 18.9. The summed E-state index contributed by atoms with van der Waals surface area (Å²) in [6, 6.07) is 14.9. The Balaban J connectivity index is 1.59. The van der Waals surface area contributed by atoms with Crippen LogP contribution < -0.4 is 5.56 Å². The molecule has 32 heavy (non-hydrogen) atoms. The SMILES string of the molecule is COC(=O)C1CCN(C(=O)CSc2nc3ccccc3c(=O)n2-c2ccccc2C)CC1. The molecule has 0 bridgehead atoms. The Morgan fingerprint density at radius 1 is 1.09 bits per heavy atom. The van der Waals surface area contributed by atoms with Crippen LogP contribution in [-0.4, -0.2) is 52.3 Å². The molecule has 166 valence electrons. The highest BCUT2D eigenvalue weighted by molar-refractivity contribution is 7.99. The number of aromatic nitrogens is 2. The standard InChI is InChI=1S/C24H25N3O4S/c1-16-7-3-6-10-20(16)27-22(29)18-8-4-5-9-19(18)25-24(27)32-15-21(28)26-13-11-17(12-14-26)23(30)31-2/h3-10,17H,11-15H2,1-2H3. The highest BCUT2D eigenvalue weighted by Crippen LogP contribution is 2.25. The first kappa shape index (κ1) is 22.1. The second kappa shape index (κ2) is 9.56. The Hall–Kier alpha value is -3.13. The molecule has 1 aromatic heterocycles. The van der Waals surface area contributed by atoms with Crippen molar-refractivity contribution < 1.29 is 14.3 Å². The Labute approximate surface area is 190 Å². The zero-order chi connectivity index (χ0) is 22.7. The second-order valence-corrected chi connectivity index (χ2v) is 8.75. The lowest BCUT2D eigenvalue weighted by Crippen LogP contribution is -2.41. The fourth-order valence-corrected chi connectivity index (χ4v) is 4.89. The van der Waals surface area contributed by atoms with Gasteiger partial charge in [-0.1, -0.05) is 42.1 Å². The number of methoxy groups -OCH3 is 1. The maximum absolute atomic E-state index is 13.3. The van der Waals surface area contributed by atoms with Gasteiger partial charge in [0.1, 0.15) is 0 Å². The number of amides is 1. The molecule has 2 heterocycles. The van der Waals surface area contributed by atoms with Gasteiger partial charge in [0.05, 0.1) is 35.4 Å². The fraction of sp³-hybridized carbons (Fsp3) is 0.333. The highest BCUT2D eigenvalue weighted by Gasteiger charge is 2.28. The van der Waals surface area contributed by atoms with E-state index in [4.69, 9.17) is 9.72 Å². The first-order chi connectivity index (χ1) is 15.5. The molecule has 0 atom stereocenters. The van der Waals surface area contributed by atoms with Crippen molar-refractivity contribution in [2.75, 3.05) is 26.0 Å². The molecule has 1 amide bonds. The van der Waals surface area contributed by atoms with Gasteiger partial charge in [0, 0.05) is 13.1 Å². The van der Waals surface area contributed by atoms with Crippen molar-refractivity contribution in [3.8, 4) is 5.69 Å². The number of nitrogens with zero attached hydrogens (tertiary/aromatic N) is 3. The van der Waals surface area contributed by atoms with Gasteiger partial charge in [-0.25, -0.2) is 4.98 Å². The molecule has 0 aliphatic carbocycles. The van der Waals surface area contributed by atoms with E-state index in [0.29, 0.717) is 42.0 Å². The molecule has 3 aromatic rings. The van der Waals surface area contributed by atoms with Crippen LogP contribution in [0.3, 0.4) is 0 Å². The Morgan fingerprint density at radius 2 is 1.78 bits per heavy atom. The fourth-order valence-electron chi connectivity index (χ4n) is 3.98. The van der Waals surface area contributed by atoms with Crippen LogP contribution in [0, 0.1) is 12.8 Å². The molecule has 0 spiro atoms. The van der Waals surface area contributed by atoms with Crippen LogP contribution in [0.15, 0.2) is 58.5 Å². The van der Waals surface area contributed by atoms with Gasteiger partial charge in [0.15, 0.2) is 5.16 Å². The predicted molar refractivity (Wildman–Crippen MR) is 124 cm³/mol. The summed E-state index contributed by atoms with van der Waals surface area (Å²) < 4.78 is 6.41. The van der Waals surface area contributed by atoms with Crippen molar-refractivity contribution in [1.82, 2.24) is 14.5 Å². The average molecular weight is 452 g/mol. The van der Waals surface area contributed by atoms with Gasteiger partial charge < -0.3 is 9.64 Å². The van der Waals surface area contributed by atoms with Gasteiger partial charge in [-0.05, 0) is 43.5 Å². The van der Waals surface area contributed by atoms with E-state index in [1.165, 1.54) is 18.9 Å². The van der Waals surface area contributed by atoms with E-state index in [1.54, 1.807) is 15.5 Å². The second-order valence-electron chi connectivity index (χ2n) is 7.81. The number of aryl methyl sites for hydroxylation is 1. The van der Waals surface area contributed by atoms with E-state index in [1.807, 2.05) is 49.4 Å². The van der Waals surface area contributed by atoms with E-state index in [0.717, 1.165) is 11.3 Å². The Kier molecular flexibility index (Phi) is 6.60. The van der Waals surface area contributed by atoms with E-state index in [9.17, 15) is 14.4 Å². The number of likely N-dealkylation sites (tertiary alicyclic amines) is 1. The third-order valence-electron chi connectivity index (χ3n) is 5.81. The average Bonchev–Trinajstić information content (AvgIpc) is 2.83. The number of para-hydroxylation sites is 2. The van der Waals surface area contributed by atoms with Crippen LogP contribution in [-0.2, 0) is 14.3 Å². The van der Waals surface area contributed by atoms with Gasteiger partial charge in [-0.2, -0.15) is 0 Å². The molecule has 0 N–H and O–H groups in total. The summed E-state index contributed by atoms with van der Waals surface area (Å²) in [4.78, 5) is 44.4. The van der Waals surface area contributed by atoms with Gasteiger partial charge >= 0.3 is 5.97 Å². The minimum Gasteiger partial charge on any atom is -0.469 e. The summed E-state index contributed by atoms with van der Waals surface area (Å²) in [7, 11) is 1.39. The van der Waals surface area contributed by atoms with Gasteiger partial charge in [-0.15, -0.1) is 0 Å². The number of hydrogen-bond acceptors (Lipinski definition) is 6. The normalized spacial score (nSPS) is 14.5. The molecule has 7 nitrogen and oxygen atoms in total. The molecular formula is C24H25N3O4S. The lowest BCUT2D eigenvalue weighted by molar-refractivity contribution is -0.148. The Bertz CT molecular complexity index is 1220. The van der Waals surface area contributed by atoms with E-state index in [2.05, 4.69) is 0 Å². The van der Waals surface area contributed by atoms with Gasteiger partial charge in [0.2, 0.25) is 5.91 Å². The lowest BCUT2D eigenvalue weighted by Gasteiger charge is -2.30. The number of rotatable bonds is 5. The van der Waals surface area contributed by atoms with Crippen LogP contribution in [0.5, 0.6) is 0 Å². The summed E-state index contributed by atoms with van der Waals surface area (Å²) in [5.41, 5.74) is 2.16. The van der Waals surface area contributed by atoms with E-state index < -0.39 is 0 Å². The largest absolute Gasteiger partial charge is 0.469 e. The number of fused-ring (bicyclic) bond motifs is 1. The summed E-state index contributed by atoms with van der Waals surface area (Å²) in [6.45, 7) is 2.99. The summed E-state index contributed by atoms with van der Waals surface area (Å²) >= 11 is 1.26. The van der Waals surface area contributed by atoms with Crippen LogP contribution in [0.25, 0.3) is 16.6 Å². The molecule has 2 aromatic carbocycles. The number of hydrogen-bond donors (Lipinski definition) is 0. The highest BCUT2D eigenvalue weighted by atomic mass is 32.2. The van der Waals surface area contributed by atoms with Crippen molar-refractivity contribution in [2.24, 2.45) is 5.92 Å². The van der Waals surface area contributed by atoms with E-state index >= 15 is 0 Å². The third-order valence-corrected chi connectivity index (χ3v) is 6.73. The minimum atomic E-state index is -0.214. The summed E-state index contributed by atoms with van der Waals surface area (Å²) in [5.74, 6) is -0.226. The smallest absolute Gasteiger partial charge is 0.308 e. The summed E-state index contributed by atoms with van der Waals surface area (Å²) in [6.07, 6.45) is 1.20. The van der Waals surface area contributed by atoms with Crippen LogP contribution in [0.2, 0.25) is 0 Å². The van der Waals surface area contributed by atoms with Crippen molar-refractivity contribution in [1.29, 1.82) is 0 Å². The quantitative estimate of drug-likeness (QED) is 0.337. The molecule has 1 saturated heterocycles. The molecule has 0 unspecified atom stereocenters. The van der Waals surface area contributed by atoms with Crippen LogP contribution in [0.4, 0.5) is 0 Å². The van der Waals surface area contributed by atoms with Crippen molar-refractivity contribution in [2.45, 2.75) is 24.9 Å². The van der Waals surface area contributed by atoms with Gasteiger partial charge in [0.25, 0.3) is 5.56 Å². The zero-order valence-electron chi connectivity index (χ0n) is 18.1. The molecule has 1 fully saturated rings. The van der Waals surface area contributed by atoms with Crippen molar-refractivity contribution in [3.05, 3.63) is 64.4 Å². The minimum absolute atomic E-state index is 0.0305.